The van der Waals surface area contributed by atoms with Crippen LogP contribution in [0.5, 0.6) is 5.75 Å². The monoisotopic (exact) mass is 282 g/mol. The first-order valence-electron chi connectivity index (χ1n) is 6.54. The molecule has 1 heterocycles. The highest BCUT2D eigenvalue weighted by Crippen LogP contribution is 2.18. The molecule has 5 heteroatoms. The fraction of sp³-hybridized carbons (Fsp3) is 0.125. The summed E-state index contributed by atoms with van der Waals surface area (Å²) >= 11 is 0. The molecule has 21 heavy (non-hydrogen) atoms. The lowest BCUT2D eigenvalue weighted by atomic mass is 10.2. The van der Waals surface area contributed by atoms with Crippen molar-refractivity contribution in [2.24, 2.45) is 0 Å². The van der Waals surface area contributed by atoms with Crippen molar-refractivity contribution >= 4 is 22.7 Å². The first-order chi connectivity index (χ1) is 10.2. The average Bonchev–Trinajstić information content (AvgIpc) is 2.94. The van der Waals surface area contributed by atoms with Crippen LogP contribution in [0.25, 0.3) is 11.1 Å². The summed E-state index contributed by atoms with van der Waals surface area (Å²) in [6.07, 6.45) is 1.37. The number of hydrogen-bond donors (Lipinski definition) is 1. The molecular weight excluding hydrogens is 268 g/mol. The van der Waals surface area contributed by atoms with Gasteiger partial charge in [-0.25, -0.2) is 4.98 Å². The van der Waals surface area contributed by atoms with Crippen LogP contribution in [0.2, 0.25) is 0 Å². The fourth-order valence-electron chi connectivity index (χ4n) is 1.99. The summed E-state index contributed by atoms with van der Waals surface area (Å²) in [6, 6.07) is 12.9. The summed E-state index contributed by atoms with van der Waals surface area (Å²) in [5.41, 5.74) is 3.04. The zero-order chi connectivity index (χ0) is 14.7. The summed E-state index contributed by atoms with van der Waals surface area (Å²) in [5.74, 6) is 0.487. The number of amides is 1. The molecule has 0 saturated carbocycles. The van der Waals surface area contributed by atoms with Crippen LogP contribution in [-0.4, -0.2) is 17.5 Å². The lowest BCUT2D eigenvalue weighted by Crippen LogP contribution is -2.20. The van der Waals surface area contributed by atoms with Gasteiger partial charge in [0.25, 0.3) is 5.91 Å². The van der Waals surface area contributed by atoms with E-state index in [0.29, 0.717) is 22.5 Å². The van der Waals surface area contributed by atoms with E-state index in [2.05, 4.69) is 10.3 Å². The van der Waals surface area contributed by atoms with E-state index in [-0.39, 0.29) is 12.5 Å². The van der Waals surface area contributed by atoms with Crippen molar-refractivity contribution in [1.29, 1.82) is 0 Å². The zero-order valence-corrected chi connectivity index (χ0v) is 11.5. The molecule has 0 spiro atoms. The number of oxazole rings is 1. The number of para-hydroxylation sites is 1. The van der Waals surface area contributed by atoms with Gasteiger partial charge >= 0.3 is 0 Å². The van der Waals surface area contributed by atoms with E-state index < -0.39 is 0 Å². The lowest BCUT2D eigenvalue weighted by molar-refractivity contribution is -0.118. The second kappa shape index (κ2) is 5.66. The zero-order valence-electron chi connectivity index (χ0n) is 11.5. The van der Waals surface area contributed by atoms with Crippen LogP contribution in [0.4, 0.5) is 5.69 Å². The molecule has 0 aliphatic rings. The summed E-state index contributed by atoms with van der Waals surface area (Å²) in [4.78, 5) is 15.9. The van der Waals surface area contributed by atoms with Gasteiger partial charge in [-0.15, -0.1) is 0 Å². The number of hydrogen-bond acceptors (Lipinski definition) is 4. The van der Waals surface area contributed by atoms with Gasteiger partial charge in [-0.2, -0.15) is 0 Å². The van der Waals surface area contributed by atoms with E-state index in [1.54, 1.807) is 18.2 Å². The average molecular weight is 282 g/mol. The van der Waals surface area contributed by atoms with Crippen molar-refractivity contribution < 1.29 is 13.9 Å². The predicted molar refractivity (Wildman–Crippen MR) is 79.3 cm³/mol. The number of carbonyl (C=O) groups is 1. The molecule has 1 aromatic heterocycles. The van der Waals surface area contributed by atoms with E-state index in [0.717, 1.165) is 5.56 Å². The third kappa shape index (κ3) is 3.02. The van der Waals surface area contributed by atoms with E-state index in [1.165, 1.54) is 6.39 Å². The Morgan fingerprint density at radius 2 is 2.14 bits per heavy atom. The van der Waals surface area contributed by atoms with Crippen molar-refractivity contribution in [2.45, 2.75) is 6.92 Å². The predicted octanol–water partition coefficient (Wildman–Crippen LogP) is 3.15. The minimum Gasteiger partial charge on any atom is -0.483 e. The SMILES string of the molecule is Cc1ccccc1OCC(=O)Nc1ccc2ocnc2c1. The van der Waals surface area contributed by atoms with E-state index in [4.69, 9.17) is 9.15 Å². The maximum atomic E-state index is 11.9. The van der Waals surface area contributed by atoms with Gasteiger partial charge in [-0.1, -0.05) is 18.2 Å². The van der Waals surface area contributed by atoms with Crippen LogP contribution in [0.1, 0.15) is 5.56 Å². The number of nitrogens with one attached hydrogen (secondary N) is 1. The third-order valence-electron chi connectivity index (χ3n) is 3.07. The molecule has 1 N–H and O–H groups in total. The van der Waals surface area contributed by atoms with Crippen LogP contribution in [0.3, 0.4) is 0 Å². The number of rotatable bonds is 4. The first kappa shape index (κ1) is 13.2. The van der Waals surface area contributed by atoms with Crippen LogP contribution >= 0.6 is 0 Å². The number of nitrogens with zero attached hydrogens (tertiary/aromatic N) is 1. The summed E-state index contributed by atoms with van der Waals surface area (Å²) in [5, 5.41) is 2.77. The molecule has 5 nitrogen and oxygen atoms in total. The van der Waals surface area contributed by atoms with Crippen molar-refractivity contribution in [1.82, 2.24) is 4.98 Å². The molecule has 0 atom stereocenters. The highest BCUT2D eigenvalue weighted by Gasteiger charge is 2.06. The Hall–Kier alpha value is -2.82. The van der Waals surface area contributed by atoms with Gasteiger partial charge in [0.15, 0.2) is 18.6 Å². The molecule has 0 aliphatic heterocycles. The smallest absolute Gasteiger partial charge is 0.262 e. The third-order valence-corrected chi connectivity index (χ3v) is 3.07. The van der Waals surface area contributed by atoms with Crippen LogP contribution in [0.15, 0.2) is 53.3 Å². The molecule has 106 valence electrons. The molecule has 2 aromatic carbocycles. The molecule has 0 saturated heterocycles. The van der Waals surface area contributed by atoms with Crippen LogP contribution in [-0.2, 0) is 4.79 Å². The first-order valence-corrected chi connectivity index (χ1v) is 6.54. The van der Waals surface area contributed by atoms with Gasteiger partial charge in [0.05, 0.1) is 0 Å². The van der Waals surface area contributed by atoms with Gasteiger partial charge in [0.1, 0.15) is 11.3 Å². The quantitative estimate of drug-likeness (QED) is 0.798. The fourth-order valence-corrected chi connectivity index (χ4v) is 1.99. The number of carbonyl (C=O) groups excluding carboxylic acids is 1. The van der Waals surface area contributed by atoms with Gasteiger partial charge in [0.2, 0.25) is 0 Å². The van der Waals surface area contributed by atoms with E-state index in [1.807, 2.05) is 31.2 Å². The minimum absolute atomic E-state index is 0.0400. The molecular formula is C16H14N2O3. The Morgan fingerprint density at radius 1 is 1.29 bits per heavy atom. The largest absolute Gasteiger partial charge is 0.483 e. The van der Waals surface area contributed by atoms with Crippen molar-refractivity contribution in [2.75, 3.05) is 11.9 Å². The molecule has 3 rings (SSSR count). The molecule has 0 radical (unpaired) electrons. The van der Waals surface area contributed by atoms with Crippen molar-refractivity contribution in [3.63, 3.8) is 0 Å². The maximum Gasteiger partial charge on any atom is 0.262 e. The molecule has 0 bridgehead atoms. The van der Waals surface area contributed by atoms with E-state index >= 15 is 0 Å². The van der Waals surface area contributed by atoms with Crippen molar-refractivity contribution in [3.8, 4) is 5.75 Å². The topological polar surface area (TPSA) is 64.4 Å². The second-order valence-corrected chi connectivity index (χ2v) is 4.64. The number of aromatic nitrogens is 1. The number of aryl methyl sites for hydroxylation is 1. The van der Waals surface area contributed by atoms with Gasteiger partial charge in [0, 0.05) is 5.69 Å². The second-order valence-electron chi connectivity index (χ2n) is 4.64. The summed E-state index contributed by atoms with van der Waals surface area (Å²) in [6.45, 7) is 1.90. The minimum atomic E-state index is -0.221. The van der Waals surface area contributed by atoms with Gasteiger partial charge in [-0.05, 0) is 36.8 Å². The van der Waals surface area contributed by atoms with Gasteiger partial charge < -0.3 is 14.5 Å². The highest BCUT2D eigenvalue weighted by atomic mass is 16.5. The molecule has 1 amide bonds. The van der Waals surface area contributed by atoms with E-state index in [9.17, 15) is 4.79 Å². The molecule has 0 unspecified atom stereocenters. The lowest BCUT2D eigenvalue weighted by Gasteiger charge is -2.09. The maximum absolute atomic E-state index is 11.9. The van der Waals surface area contributed by atoms with Crippen LogP contribution < -0.4 is 10.1 Å². The Labute approximate surface area is 121 Å². The summed E-state index contributed by atoms with van der Waals surface area (Å²) in [7, 11) is 0. The van der Waals surface area contributed by atoms with Crippen LogP contribution in [0, 0.1) is 6.92 Å². The number of anilines is 1. The van der Waals surface area contributed by atoms with Gasteiger partial charge in [-0.3, -0.25) is 4.79 Å². The molecule has 3 aromatic rings. The highest BCUT2D eigenvalue weighted by molar-refractivity contribution is 5.93. The normalized spacial score (nSPS) is 10.5. The number of fused-ring (bicyclic) bond motifs is 1. The molecule has 0 aliphatic carbocycles. The summed E-state index contributed by atoms with van der Waals surface area (Å²) < 4.78 is 10.6. The molecule has 0 fully saturated rings. The number of benzene rings is 2. The Kier molecular flexibility index (Phi) is 3.55. The Morgan fingerprint density at radius 3 is 3.00 bits per heavy atom. The Bertz CT molecular complexity index is 780. The standard InChI is InChI=1S/C16H14N2O3/c1-11-4-2-3-5-14(11)20-9-16(19)18-12-6-7-15-13(8-12)17-10-21-15/h2-8,10H,9H2,1H3,(H,18,19). The number of ether oxygens (including phenoxy) is 1. The Balaban J connectivity index is 1.62. The van der Waals surface area contributed by atoms with Crippen molar-refractivity contribution in [3.05, 3.63) is 54.4 Å².